The van der Waals surface area contributed by atoms with E-state index in [0.29, 0.717) is 6.10 Å². The van der Waals surface area contributed by atoms with E-state index in [1.54, 1.807) is 0 Å². The lowest BCUT2D eigenvalue weighted by Gasteiger charge is -2.24. The van der Waals surface area contributed by atoms with Gasteiger partial charge >= 0.3 is 0 Å². The Hall–Kier alpha value is -0.770. The van der Waals surface area contributed by atoms with Gasteiger partial charge in [-0.05, 0) is 37.1 Å². The Morgan fingerprint density at radius 1 is 1.47 bits per heavy atom. The smallest absolute Gasteiger partial charge is 0.0750 e. The Morgan fingerprint density at radius 2 is 2.32 bits per heavy atom. The van der Waals surface area contributed by atoms with Crippen molar-refractivity contribution in [2.75, 3.05) is 31.6 Å². The second kappa shape index (κ2) is 7.13. The van der Waals surface area contributed by atoms with Crippen LogP contribution in [0.5, 0.6) is 0 Å². The van der Waals surface area contributed by atoms with Crippen molar-refractivity contribution in [2.45, 2.75) is 32.4 Å². The predicted molar refractivity (Wildman–Crippen MR) is 81.1 cm³/mol. The van der Waals surface area contributed by atoms with Crippen LogP contribution in [0.25, 0.3) is 0 Å². The number of halogens is 1. The quantitative estimate of drug-likeness (QED) is 0.868. The third-order valence-electron chi connectivity index (χ3n) is 3.50. The van der Waals surface area contributed by atoms with Crippen LogP contribution >= 0.6 is 11.6 Å². The molecule has 3 nitrogen and oxygen atoms in total. The van der Waals surface area contributed by atoms with Crippen LogP contribution in [0.2, 0.25) is 5.02 Å². The minimum absolute atomic E-state index is 0.350. The van der Waals surface area contributed by atoms with E-state index in [4.69, 9.17) is 16.3 Å². The Bertz CT molecular complexity index is 405. The first-order valence-corrected chi connectivity index (χ1v) is 7.40. The average molecular weight is 283 g/mol. The number of likely N-dealkylation sites (N-methyl/N-ethyl adjacent to an activating group) is 1. The van der Waals surface area contributed by atoms with E-state index < -0.39 is 0 Å². The number of hydrogen-bond donors (Lipinski definition) is 1. The highest BCUT2D eigenvalue weighted by atomic mass is 35.5. The van der Waals surface area contributed by atoms with E-state index >= 15 is 0 Å². The van der Waals surface area contributed by atoms with Crippen molar-refractivity contribution < 1.29 is 4.74 Å². The summed E-state index contributed by atoms with van der Waals surface area (Å²) in [6, 6.07) is 6.28. The molecule has 0 amide bonds. The molecule has 1 atom stereocenters. The fourth-order valence-corrected chi connectivity index (χ4v) is 2.78. The van der Waals surface area contributed by atoms with Crippen LogP contribution in [0.15, 0.2) is 18.2 Å². The van der Waals surface area contributed by atoms with Crippen molar-refractivity contribution in [3.8, 4) is 0 Å². The molecule has 1 aliphatic rings. The van der Waals surface area contributed by atoms with Gasteiger partial charge < -0.3 is 15.0 Å². The van der Waals surface area contributed by atoms with Gasteiger partial charge in [-0.15, -0.1) is 0 Å². The molecule has 1 N–H and O–H groups in total. The van der Waals surface area contributed by atoms with E-state index in [9.17, 15) is 0 Å². The van der Waals surface area contributed by atoms with Gasteiger partial charge in [-0.3, -0.25) is 0 Å². The minimum Gasteiger partial charge on any atom is -0.376 e. The molecule has 0 spiro atoms. The summed E-state index contributed by atoms with van der Waals surface area (Å²) in [5.41, 5.74) is 2.30. The molecular formula is C15H23ClN2O. The molecule has 106 valence electrons. The van der Waals surface area contributed by atoms with Crippen molar-refractivity contribution in [1.29, 1.82) is 0 Å². The monoisotopic (exact) mass is 282 g/mol. The Balaban J connectivity index is 1.98. The molecule has 0 radical (unpaired) electrons. The van der Waals surface area contributed by atoms with Gasteiger partial charge in [0.1, 0.15) is 0 Å². The highest BCUT2D eigenvalue weighted by Crippen LogP contribution is 2.27. The van der Waals surface area contributed by atoms with Crippen LogP contribution < -0.4 is 10.2 Å². The number of nitrogens with one attached hydrogen (secondary N) is 1. The van der Waals surface area contributed by atoms with E-state index in [1.807, 2.05) is 6.07 Å². The summed E-state index contributed by atoms with van der Waals surface area (Å²) >= 11 is 6.38. The van der Waals surface area contributed by atoms with Crippen LogP contribution in [0, 0.1) is 0 Å². The number of hydrogen-bond acceptors (Lipinski definition) is 3. The van der Waals surface area contributed by atoms with Crippen LogP contribution in [-0.4, -0.2) is 32.8 Å². The minimum atomic E-state index is 0.350. The zero-order valence-electron chi connectivity index (χ0n) is 11.8. The molecular weight excluding hydrogens is 260 g/mol. The maximum Gasteiger partial charge on any atom is 0.0750 e. The van der Waals surface area contributed by atoms with Crippen LogP contribution in [-0.2, 0) is 11.3 Å². The van der Waals surface area contributed by atoms with Gasteiger partial charge in [-0.25, -0.2) is 0 Å². The fraction of sp³-hybridized carbons (Fsp3) is 0.600. The zero-order chi connectivity index (χ0) is 13.7. The highest BCUT2D eigenvalue weighted by molar-refractivity contribution is 6.33. The molecule has 0 bridgehead atoms. The molecule has 1 aromatic carbocycles. The van der Waals surface area contributed by atoms with Crippen molar-refractivity contribution in [3.05, 3.63) is 28.8 Å². The molecule has 1 heterocycles. The summed E-state index contributed by atoms with van der Waals surface area (Å²) in [5, 5.41) is 4.12. The Kier molecular flexibility index (Phi) is 5.49. The third kappa shape index (κ3) is 4.10. The topological polar surface area (TPSA) is 24.5 Å². The zero-order valence-corrected chi connectivity index (χ0v) is 12.5. The van der Waals surface area contributed by atoms with E-state index in [2.05, 4.69) is 36.3 Å². The van der Waals surface area contributed by atoms with Gasteiger partial charge in [0.25, 0.3) is 0 Å². The summed E-state index contributed by atoms with van der Waals surface area (Å²) in [7, 11) is 2.08. The van der Waals surface area contributed by atoms with Crippen LogP contribution in [0.1, 0.15) is 25.3 Å². The lowest BCUT2D eigenvalue weighted by molar-refractivity contribution is 0.116. The highest BCUT2D eigenvalue weighted by Gasteiger charge is 2.18. The maximum atomic E-state index is 6.38. The van der Waals surface area contributed by atoms with Crippen LogP contribution in [0.4, 0.5) is 5.69 Å². The van der Waals surface area contributed by atoms with Gasteiger partial charge in [-0.2, -0.15) is 0 Å². The van der Waals surface area contributed by atoms with Gasteiger partial charge in [0.2, 0.25) is 0 Å². The molecule has 0 aromatic heterocycles. The first-order chi connectivity index (χ1) is 9.20. The molecule has 4 heteroatoms. The molecule has 0 saturated carbocycles. The van der Waals surface area contributed by atoms with Gasteiger partial charge in [0, 0.05) is 26.7 Å². The first kappa shape index (κ1) is 14.6. The Morgan fingerprint density at radius 3 is 2.95 bits per heavy atom. The number of ether oxygens (including phenoxy) is 1. The summed E-state index contributed by atoms with van der Waals surface area (Å²) in [6.45, 7) is 5.75. The summed E-state index contributed by atoms with van der Waals surface area (Å²) in [5.74, 6) is 0. The molecule has 19 heavy (non-hydrogen) atoms. The molecule has 1 aromatic rings. The lowest BCUT2D eigenvalue weighted by Crippen LogP contribution is -2.28. The van der Waals surface area contributed by atoms with E-state index in [-0.39, 0.29) is 0 Å². The second-order valence-electron chi connectivity index (χ2n) is 5.08. The average Bonchev–Trinajstić information content (AvgIpc) is 2.89. The number of nitrogens with zero attached hydrogens (tertiary/aromatic N) is 1. The van der Waals surface area contributed by atoms with Crippen molar-refractivity contribution in [2.24, 2.45) is 0 Å². The largest absolute Gasteiger partial charge is 0.376 e. The van der Waals surface area contributed by atoms with Gasteiger partial charge in [0.05, 0.1) is 16.8 Å². The van der Waals surface area contributed by atoms with E-state index in [1.165, 1.54) is 12.0 Å². The Labute approximate surface area is 120 Å². The SMILES string of the molecule is CCNCc1ccc(N(C)CC2CCCO2)c(Cl)c1. The molecule has 1 unspecified atom stereocenters. The summed E-state index contributed by atoms with van der Waals surface area (Å²) in [6.07, 6.45) is 2.68. The predicted octanol–water partition coefficient (Wildman–Crippen LogP) is 3.06. The molecule has 1 saturated heterocycles. The summed E-state index contributed by atoms with van der Waals surface area (Å²) in [4.78, 5) is 2.19. The number of anilines is 1. The second-order valence-corrected chi connectivity index (χ2v) is 5.49. The molecule has 0 aliphatic carbocycles. The standard InChI is InChI=1S/C15H23ClN2O/c1-3-17-10-12-6-7-15(14(16)9-12)18(2)11-13-5-4-8-19-13/h6-7,9,13,17H,3-5,8,10-11H2,1-2H3. The van der Waals surface area contributed by atoms with Crippen molar-refractivity contribution >= 4 is 17.3 Å². The molecule has 1 aliphatic heterocycles. The first-order valence-electron chi connectivity index (χ1n) is 7.02. The van der Waals surface area contributed by atoms with Crippen molar-refractivity contribution in [1.82, 2.24) is 5.32 Å². The van der Waals surface area contributed by atoms with Gasteiger partial charge in [0.15, 0.2) is 0 Å². The molecule has 1 fully saturated rings. The van der Waals surface area contributed by atoms with Crippen molar-refractivity contribution in [3.63, 3.8) is 0 Å². The number of benzene rings is 1. The maximum absolute atomic E-state index is 6.38. The third-order valence-corrected chi connectivity index (χ3v) is 3.81. The summed E-state index contributed by atoms with van der Waals surface area (Å²) < 4.78 is 5.67. The fourth-order valence-electron chi connectivity index (χ4n) is 2.43. The van der Waals surface area contributed by atoms with Gasteiger partial charge in [-0.1, -0.05) is 24.6 Å². The van der Waals surface area contributed by atoms with Crippen LogP contribution in [0.3, 0.4) is 0 Å². The number of rotatable bonds is 6. The van der Waals surface area contributed by atoms with E-state index in [0.717, 1.165) is 43.4 Å². The normalized spacial score (nSPS) is 18.8. The molecule has 2 rings (SSSR count). The lowest BCUT2D eigenvalue weighted by atomic mass is 10.1.